The topological polar surface area (TPSA) is 30.7 Å². The van der Waals surface area contributed by atoms with Crippen LogP contribution in [0, 0.1) is 12.8 Å². The Morgan fingerprint density at radius 1 is 1.25 bits per heavy atom. The molecule has 0 aromatic carbocycles. The Hall–Kier alpha value is -1.64. The molecule has 0 unspecified atom stereocenters. The van der Waals surface area contributed by atoms with E-state index in [1.165, 1.54) is 5.56 Å². The van der Waals surface area contributed by atoms with Crippen LogP contribution in [0.15, 0.2) is 30.6 Å². The van der Waals surface area contributed by atoms with Gasteiger partial charge in [0.2, 0.25) is 0 Å². The summed E-state index contributed by atoms with van der Waals surface area (Å²) in [6.45, 7) is 6.40. The van der Waals surface area contributed by atoms with Gasteiger partial charge in [-0.25, -0.2) is 9.67 Å². The van der Waals surface area contributed by atoms with Crippen LogP contribution in [0.2, 0.25) is 0 Å². The first-order valence-corrected chi connectivity index (χ1v) is 5.63. The smallest absolute Gasteiger partial charge is 0.153 e. The number of nitrogens with zero attached hydrogens (tertiary/aromatic N) is 3. The van der Waals surface area contributed by atoms with E-state index >= 15 is 0 Å². The monoisotopic (exact) mass is 215 g/mol. The molecule has 0 amide bonds. The molecule has 2 aromatic heterocycles. The molecule has 0 saturated heterocycles. The molecule has 16 heavy (non-hydrogen) atoms. The minimum atomic E-state index is 0.666. The summed E-state index contributed by atoms with van der Waals surface area (Å²) in [4.78, 5) is 4.42. The Balaban J connectivity index is 2.19. The van der Waals surface area contributed by atoms with Gasteiger partial charge >= 0.3 is 0 Å². The number of aromatic nitrogens is 3. The number of rotatable bonds is 3. The lowest BCUT2D eigenvalue weighted by molar-refractivity contribution is 0.645. The van der Waals surface area contributed by atoms with E-state index in [2.05, 4.69) is 30.0 Å². The van der Waals surface area contributed by atoms with Crippen molar-refractivity contribution < 1.29 is 0 Å². The SMILES string of the molecule is Cc1ccn(-c2ccc(CC(C)C)cn2)n1. The summed E-state index contributed by atoms with van der Waals surface area (Å²) >= 11 is 0. The van der Waals surface area contributed by atoms with Crippen molar-refractivity contribution in [2.75, 3.05) is 0 Å². The molecule has 2 rings (SSSR count). The van der Waals surface area contributed by atoms with E-state index in [4.69, 9.17) is 0 Å². The first-order valence-electron chi connectivity index (χ1n) is 5.63. The number of pyridine rings is 1. The van der Waals surface area contributed by atoms with E-state index < -0.39 is 0 Å². The highest BCUT2D eigenvalue weighted by molar-refractivity contribution is 5.25. The standard InChI is InChI=1S/C13H17N3/c1-10(2)8-12-4-5-13(14-9-12)16-7-6-11(3)15-16/h4-7,9-10H,8H2,1-3H3. The predicted octanol–water partition coefficient (Wildman–Crippen LogP) is 2.77. The second-order valence-electron chi connectivity index (χ2n) is 4.52. The summed E-state index contributed by atoms with van der Waals surface area (Å²) < 4.78 is 1.80. The van der Waals surface area contributed by atoms with Crippen LogP contribution in [-0.2, 0) is 6.42 Å². The van der Waals surface area contributed by atoms with Crippen molar-refractivity contribution in [3.63, 3.8) is 0 Å². The van der Waals surface area contributed by atoms with Crippen molar-refractivity contribution in [2.24, 2.45) is 5.92 Å². The van der Waals surface area contributed by atoms with Gasteiger partial charge in [-0.3, -0.25) is 0 Å². The van der Waals surface area contributed by atoms with Crippen LogP contribution in [0.1, 0.15) is 25.1 Å². The van der Waals surface area contributed by atoms with Crippen molar-refractivity contribution in [1.82, 2.24) is 14.8 Å². The Kier molecular flexibility index (Phi) is 3.04. The predicted molar refractivity (Wildman–Crippen MR) is 64.6 cm³/mol. The zero-order valence-corrected chi connectivity index (χ0v) is 10.0. The van der Waals surface area contributed by atoms with Crippen LogP contribution in [0.25, 0.3) is 5.82 Å². The summed E-state index contributed by atoms with van der Waals surface area (Å²) in [6.07, 6.45) is 4.94. The third-order valence-electron chi connectivity index (χ3n) is 2.41. The molecule has 0 N–H and O–H groups in total. The maximum atomic E-state index is 4.42. The Morgan fingerprint density at radius 3 is 2.56 bits per heavy atom. The molecule has 0 aliphatic heterocycles. The van der Waals surface area contributed by atoms with E-state index in [9.17, 15) is 0 Å². The molecule has 0 aliphatic carbocycles. The van der Waals surface area contributed by atoms with Gasteiger partial charge < -0.3 is 0 Å². The molecule has 2 heterocycles. The van der Waals surface area contributed by atoms with E-state index in [1.807, 2.05) is 31.5 Å². The molecular formula is C13H17N3. The summed E-state index contributed by atoms with van der Waals surface area (Å²) in [5, 5.41) is 4.33. The van der Waals surface area contributed by atoms with Crippen molar-refractivity contribution >= 4 is 0 Å². The minimum Gasteiger partial charge on any atom is -0.237 e. The third kappa shape index (κ3) is 2.48. The second-order valence-corrected chi connectivity index (χ2v) is 4.52. The highest BCUT2D eigenvalue weighted by Crippen LogP contribution is 2.09. The molecule has 0 atom stereocenters. The van der Waals surface area contributed by atoms with Crippen molar-refractivity contribution in [3.05, 3.63) is 41.9 Å². The quantitative estimate of drug-likeness (QED) is 0.788. The number of hydrogen-bond acceptors (Lipinski definition) is 2. The number of hydrogen-bond donors (Lipinski definition) is 0. The maximum absolute atomic E-state index is 4.42. The van der Waals surface area contributed by atoms with Gasteiger partial charge in [-0.1, -0.05) is 19.9 Å². The molecule has 0 bridgehead atoms. The molecule has 84 valence electrons. The Morgan fingerprint density at radius 2 is 2.06 bits per heavy atom. The fourth-order valence-electron chi connectivity index (χ4n) is 1.69. The van der Waals surface area contributed by atoms with Gasteiger partial charge in [0.25, 0.3) is 0 Å². The first-order chi connectivity index (χ1) is 7.65. The second kappa shape index (κ2) is 4.47. The minimum absolute atomic E-state index is 0.666. The van der Waals surface area contributed by atoms with Crippen LogP contribution in [0.3, 0.4) is 0 Å². The lowest BCUT2D eigenvalue weighted by atomic mass is 10.1. The Bertz CT molecular complexity index is 454. The normalized spacial score (nSPS) is 11.0. The molecule has 3 heteroatoms. The van der Waals surface area contributed by atoms with Crippen molar-refractivity contribution in [3.8, 4) is 5.82 Å². The highest BCUT2D eigenvalue weighted by atomic mass is 15.3. The van der Waals surface area contributed by atoms with Gasteiger partial charge in [0.05, 0.1) is 5.69 Å². The average molecular weight is 215 g/mol. The van der Waals surface area contributed by atoms with Crippen molar-refractivity contribution in [2.45, 2.75) is 27.2 Å². The van der Waals surface area contributed by atoms with Crippen LogP contribution >= 0.6 is 0 Å². The summed E-state index contributed by atoms with van der Waals surface area (Å²) in [6, 6.07) is 6.12. The van der Waals surface area contributed by atoms with Gasteiger partial charge in [0, 0.05) is 12.4 Å². The third-order valence-corrected chi connectivity index (χ3v) is 2.41. The van der Waals surface area contributed by atoms with Crippen LogP contribution in [0.4, 0.5) is 0 Å². The zero-order chi connectivity index (χ0) is 11.5. The van der Waals surface area contributed by atoms with E-state index in [1.54, 1.807) is 4.68 Å². The average Bonchev–Trinajstić information content (AvgIpc) is 2.65. The van der Waals surface area contributed by atoms with Crippen molar-refractivity contribution in [1.29, 1.82) is 0 Å². The summed E-state index contributed by atoms with van der Waals surface area (Å²) in [5.41, 5.74) is 2.29. The first kappa shape index (κ1) is 10.9. The lowest BCUT2D eigenvalue weighted by Crippen LogP contribution is -2.00. The molecular weight excluding hydrogens is 198 g/mol. The fourth-order valence-corrected chi connectivity index (χ4v) is 1.69. The van der Waals surface area contributed by atoms with Gasteiger partial charge in [-0.05, 0) is 37.0 Å². The van der Waals surface area contributed by atoms with Crippen LogP contribution in [0.5, 0.6) is 0 Å². The summed E-state index contributed by atoms with van der Waals surface area (Å²) in [7, 11) is 0. The van der Waals surface area contributed by atoms with Crippen LogP contribution in [-0.4, -0.2) is 14.8 Å². The van der Waals surface area contributed by atoms with E-state index in [-0.39, 0.29) is 0 Å². The molecule has 2 aromatic rings. The zero-order valence-electron chi connectivity index (χ0n) is 10.0. The molecule has 0 spiro atoms. The molecule has 0 fully saturated rings. The lowest BCUT2D eigenvalue weighted by Gasteiger charge is -2.05. The van der Waals surface area contributed by atoms with Crippen LogP contribution < -0.4 is 0 Å². The fraction of sp³-hybridized carbons (Fsp3) is 0.385. The van der Waals surface area contributed by atoms with Gasteiger partial charge in [-0.15, -0.1) is 0 Å². The van der Waals surface area contributed by atoms with Gasteiger partial charge in [0.1, 0.15) is 0 Å². The van der Waals surface area contributed by atoms with E-state index in [0.717, 1.165) is 17.9 Å². The van der Waals surface area contributed by atoms with E-state index in [0.29, 0.717) is 5.92 Å². The number of aryl methyl sites for hydroxylation is 1. The largest absolute Gasteiger partial charge is 0.237 e. The Labute approximate surface area is 96.1 Å². The van der Waals surface area contributed by atoms with Gasteiger partial charge in [-0.2, -0.15) is 5.10 Å². The summed E-state index contributed by atoms with van der Waals surface area (Å²) in [5.74, 6) is 1.54. The molecule has 0 saturated carbocycles. The maximum Gasteiger partial charge on any atom is 0.153 e. The van der Waals surface area contributed by atoms with Gasteiger partial charge in [0.15, 0.2) is 5.82 Å². The molecule has 3 nitrogen and oxygen atoms in total. The molecule has 0 radical (unpaired) electrons. The highest BCUT2D eigenvalue weighted by Gasteiger charge is 2.01. The molecule has 0 aliphatic rings.